The fourth-order valence-electron chi connectivity index (χ4n) is 2.42. The molecule has 1 saturated carbocycles. The molecule has 1 aromatic heterocycles. The van der Waals surface area contributed by atoms with Crippen molar-refractivity contribution in [2.45, 2.75) is 39.2 Å². The molecule has 7 heteroatoms. The summed E-state index contributed by atoms with van der Waals surface area (Å²) >= 11 is 1.14. The number of ether oxygens (including phenoxy) is 1. The van der Waals surface area contributed by atoms with Gasteiger partial charge in [0.25, 0.3) is 5.91 Å². The number of amides is 1. The molecule has 0 saturated heterocycles. The van der Waals surface area contributed by atoms with Crippen molar-refractivity contribution in [2.75, 3.05) is 17.7 Å². The standard InChI is InChI=1S/C14H21N3O3S/c1-3-5-7-6-8(7)17-13-9(12(16)18)10(15)11(21-13)14(19)20-4-2/h7-8,17H,3-6,15H2,1-2H3,(H2,16,18). The summed E-state index contributed by atoms with van der Waals surface area (Å²) in [6.45, 7) is 4.12. The lowest BCUT2D eigenvalue weighted by molar-refractivity contribution is 0.0533. The van der Waals surface area contributed by atoms with Gasteiger partial charge in [-0.05, 0) is 25.7 Å². The second kappa shape index (κ2) is 6.34. The summed E-state index contributed by atoms with van der Waals surface area (Å²) in [5, 5.41) is 3.86. The fourth-order valence-corrected chi connectivity index (χ4v) is 3.50. The minimum atomic E-state index is -0.630. The molecule has 21 heavy (non-hydrogen) atoms. The van der Waals surface area contributed by atoms with E-state index in [0.717, 1.165) is 30.6 Å². The Morgan fingerprint density at radius 2 is 2.14 bits per heavy atom. The molecule has 0 aromatic carbocycles. The highest BCUT2D eigenvalue weighted by atomic mass is 32.1. The van der Waals surface area contributed by atoms with Crippen LogP contribution in [0.5, 0.6) is 0 Å². The Hall–Kier alpha value is -1.76. The van der Waals surface area contributed by atoms with Crippen molar-refractivity contribution in [2.24, 2.45) is 11.7 Å². The maximum Gasteiger partial charge on any atom is 0.350 e. The maximum atomic E-state index is 11.9. The summed E-state index contributed by atoms with van der Waals surface area (Å²) in [4.78, 5) is 23.7. The van der Waals surface area contributed by atoms with Crippen molar-refractivity contribution in [3.8, 4) is 0 Å². The van der Waals surface area contributed by atoms with Gasteiger partial charge in [-0.1, -0.05) is 13.3 Å². The van der Waals surface area contributed by atoms with Crippen LogP contribution in [-0.4, -0.2) is 24.5 Å². The van der Waals surface area contributed by atoms with Crippen molar-refractivity contribution >= 4 is 33.9 Å². The van der Waals surface area contributed by atoms with Crippen molar-refractivity contribution < 1.29 is 14.3 Å². The Morgan fingerprint density at radius 1 is 1.43 bits per heavy atom. The van der Waals surface area contributed by atoms with Gasteiger partial charge in [-0.2, -0.15) is 0 Å². The first-order valence-corrected chi connectivity index (χ1v) is 7.96. The number of carbonyl (C=O) groups is 2. The Kier molecular flexibility index (Phi) is 4.72. The minimum absolute atomic E-state index is 0.112. The van der Waals surface area contributed by atoms with Crippen LogP contribution in [0.2, 0.25) is 0 Å². The van der Waals surface area contributed by atoms with E-state index in [2.05, 4.69) is 12.2 Å². The van der Waals surface area contributed by atoms with Gasteiger partial charge in [0.1, 0.15) is 9.88 Å². The Bertz CT molecular complexity index is 556. The van der Waals surface area contributed by atoms with Gasteiger partial charge >= 0.3 is 5.97 Å². The maximum absolute atomic E-state index is 11.9. The number of nitrogens with two attached hydrogens (primary N) is 2. The first kappa shape index (κ1) is 15.6. The fraction of sp³-hybridized carbons (Fsp3) is 0.571. The predicted molar refractivity (Wildman–Crippen MR) is 83.6 cm³/mol. The van der Waals surface area contributed by atoms with Gasteiger partial charge in [-0.3, -0.25) is 4.79 Å². The van der Waals surface area contributed by atoms with E-state index in [1.165, 1.54) is 0 Å². The van der Waals surface area contributed by atoms with Crippen LogP contribution in [0, 0.1) is 5.92 Å². The molecule has 1 aromatic rings. The molecule has 1 aliphatic carbocycles. The smallest absolute Gasteiger partial charge is 0.350 e. The summed E-state index contributed by atoms with van der Waals surface area (Å²) < 4.78 is 4.95. The molecule has 0 aliphatic heterocycles. The molecule has 1 amide bonds. The van der Waals surface area contributed by atoms with Crippen LogP contribution in [0.4, 0.5) is 10.7 Å². The molecule has 1 heterocycles. The summed E-state index contributed by atoms with van der Waals surface area (Å²) in [5.41, 5.74) is 11.6. The molecule has 116 valence electrons. The van der Waals surface area contributed by atoms with Gasteiger partial charge in [-0.15, -0.1) is 11.3 Å². The lowest BCUT2D eigenvalue weighted by Crippen LogP contribution is -2.16. The molecule has 2 unspecified atom stereocenters. The zero-order valence-corrected chi connectivity index (χ0v) is 13.1. The highest BCUT2D eigenvalue weighted by molar-refractivity contribution is 7.19. The number of rotatable bonds is 7. The van der Waals surface area contributed by atoms with Gasteiger partial charge < -0.3 is 21.5 Å². The number of nitrogens with one attached hydrogen (secondary N) is 1. The first-order valence-electron chi connectivity index (χ1n) is 7.15. The van der Waals surface area contributed by atoms with Gasteiger partial charge in [0.15, 0.2) is 0 Å². The van der Waals surface area contributed by atoms with Gasteiger partial charge in [0.2, 0.25) is 0 Å². The molecule has 2 atom stereocenters. The predicted octanol–water partition coefficient (Wildman–Crippen LogP) is 2.21. The van der Waals surface area contributed by atoms with Crippen LogP contribution in [0.15, 0.2) is 0 Å². The van der Waals surface area contributed by atoms with Crippen LogP contribution in [-0.2, 0) is 4.74 Å². The molecule has 0 radical (unpaired) electrons. The zero-order chi connectivity index (χ0) is 15.6. The van der Waals surface area contributed by atoms with E-state index >= 15 is 0 Å². The third-order valence-corrected chi connectivity index (χ3v) is 4.67. The normalized spacial score (nSPS) is 20.1. The average Bonchev–Trinajstić information content (AvgIpc) is 3.03. The van der Waals surface area contributed by atoms with Crippen molar-refractivity contribution in [1.29, 1.82) is 0 Å². The molecule has 0 bridgehead atoms. The Balaban J connectivity index is 2.22. The van der Waals surface area contributed by atoms with E-state index in [1.807, 2.05) is 0 Å². The summed E-state index contributed by atoms with van der Waals surface area (Å²) in [6.07, 6.45) is 3.35. The second-order valence-electron chi connectivity index (χ2n) is 5.17. The molecular weight excluding hydrogens is 290 g/mol. The number of nitrogen functional groups attached to an aromatic ring is 1. The molecule has 1 aliphatic rings. The van der Waals surface area contributed by atoms with Crippen LogP contribution < -0.4 is 16.8 Å². The number of thiophene rings is 1. The van der Waals surface area contributed by atoms with Crippen LogP contribution in [0.1, 0.15) is 53.1 Å². The minimum Gasteiger partial charge on any atom is -0.462 e. The van der Waals surface area contributed by atoms with Crippen LogP contribution >= 0.6 is 11.3 Å². The summed E-state index contributed by atoms with van der Waals surface area (Å²) in [6, 6.07) is 0.330. The van der Waals surface area contributed by atoms with Gasteiger partial charge in [0.05, 0.1) is 17.9 Å². The highest BCUT2D eigenvalue weighted by Gasteiger charge is 2.37. The third-order valence-electron chi connectivity index (χ3n) is 3.55. The monoisotopic (exact) mass is 311 g/mol. The van der Waals surface area contributed by atoms with Gasteiger partial charge in [0, 0.05) is 6.04 Å². The first-order chi connectivity index (χ1) is 9.99. The van der Waals surface area contributed by atoms with Crippen LogP contribution in [0.3, 0.4) is 0 Å². The Labute approximate surface area is 127 Å². The number of esters is 1. The quantitative estimate of drug-likeness (QED) is 0.669. The summed E-state index contributed by atoms with van der Waals surface area (Å²) in [5.74, 6) is -0.531. The molecule has 6 nitrogen and oxygen atoms in total. The highest BCUT2D eigenvalue weighted by Crippen LogP contribution is 2.42. The number of carbonyl (C=O) groups excluding carboxylic acids is 2. The van der Waals surface area contributed by atoms with E-state index < -0.39 is 11.9 Å². The second-order valence-corrected chi connectivity index (χ2v) is 6.19. The van der Waals surface area contributed by atoms with Crippen molar-refractivity contribution in [3.63, 3.8) is 0 Å². The molecule has 2 rings (SSSR count). The molecular formula is C14H21N3O3S. The van der Waals surface area contributed by atoms with Gasteiger partial charge in [-0.25, -0.2) is 4.79 Å². The average molecular weight is 311 g/mol. The summed E-state index contributed by atoms with van der Waals surface area (Å²) in [7, 11) is 0. The number of hydrogen-bond donors (Lipinski definition) is 3. The lowest BCUT2D eigenvalue weighted by Gasteiger charge is -2.05. The Morgan fingerprint density at radius 3 is 2.71 bits per heavy atom. The van der Waals surface area contributed by atoms with E-state index in [4.69, 9.17) is 16.2 Å². The van der Waals surface area contributed by atoms with Crippen molar-refractivity contribution in [3.05, 3.63) is 10.4 Å². The number of primary amides is 1. The van der Waals surface area contributed by atoms with E-state index in [9.17, 15) is 9.59 Å². The van der Waals surface area contributed by atoms with E-state index in [-0.39, 0.29) is 22.7 Å². The third kappa shape index (κ3) is 3.29. The molecule has 1 fully saturated rings. The number of hydrogen-bond acceptors (Lipinski definition) is 6. The van der Waals surface area contributed by atoms with Crippen molar-refractivity contribution in [1.82, 2.24) is 0 Å². The molecule has 0 spiro atoms. The SMILES string of the molecule is CCCC1CC1Nc1sc(C(=O)OCC)c(N)c1C(N)=O. The van der Waals surface area contributed by atoms with Crippen LogP contribution in [0.25, 0.3) is 0 Å². The number of anilines is 2. The molecule has 5 N–H and O–H groups in total. The zero-order valence-electron chi connectivity index (χ0n) is 12.3. The van der Waals surface area contributed by atoms with E-state index in [1.54, 1.807) is 6.92 Å². The largest absolute Gasteiger partial charge is 0.462 e. The van der Waals surface area contributed by atoms with E-state index in [0.29, 0.717) is 17.0 Å². The topological polar surface area (TPSA) is 107 Å². The lowest BCUT2D eigenvalue weighted by atomic mass is 10.2.